The van der Waals surface area contributed by atoms with E-state index in [0.717, 1.165) is 16.3 Å². The van der Waals surface area contributed by atoms with Crippen LogP contribution in [0.4, 0.5) is 5.69 Å². The molecule has 0 fully saturated rings. The van der Waals surface area contributed by atoms with Crippen molar-refractivity contribution >= 4 is 23.4 Å². The molecule has 0 N–H and O–H groups in total. The van der Waals surface area contributed by atoms with E-state index in [1.165, 1.54) is 0 Å². The van der Waals surface area contributed by atoms with Crippen LogP contribution in [0.25, 0.3) is 0 Å². The summed E-state index contributed by atoms with van der Waals surface area (Å²) < 4.78 is 0. The van der Waals surface area contributed by atoms with Crippen molar-refractivity contribution in [2.75, 3.05) is 4.90 Å². The third kappa shape index (κ3) is 2.51. The fraction of sp³-hybridized carbons (Fsp3) is 0.0526. The highest BCUT2D eigenvalue weighted by molar-refractivity contribution is 7.99. The molecule has 112 valence electrons. The molecule has 1 aromatic heterocycles. The SMILES string of the molecule is O=C1c2cccnc2SC(c2ccccc2)N1c1ccccc1. The molecular formula is C19H14N2OS. The first-order valence-corrected chi connectivity index (χ1v) is 8.28. The zero-order chi connectivity index (χ0) is 15.6. The monoisotopic (exact) mass is 318 g/mol. The Morgan fingerprint density at radius 2 is 1.57 bits per heavy atom. The van der Waals surface area contributed by atoms with Crippen LogP contribution in [-0.2, 0) is 0 Å². The number of carbonyl (C=O) groups excluding carboxylic acids is 1. The molecule has 4 heteroatoms. The summed E-state index contributed by atoms with van der Waals surface area (Å²) in [6.07, 6.45) is 1.74. The first-order valence-electron chi connectivity index (χ1n) is 7.40. The number of carbonyl (C=O) groups is 1. The number of pyridine rings is 1. The largest absolute Gasteiger partial charge is 0.291 e. The fourth-order valence-corrected chi connectivity index (χ4v) is 3.95. The number of nitrogens with zero attached hydrogens (tertiary/aromatic N) is 2. The molecule has 1 amide bonds. The number of anilines is 1. The second kappa shape index (κ2) is 5.89. The number of aromatic nitrogens is 1. The van der Waals surface area contributed by atoms with Crippen LogP contribution in [0.3, 0.4) is 0 Å². The van der Waals surface area contributed by atoms with E-state index in [1.54, 1.807) is 18.0 Å². The predicted molar refractivity (Wildman–Crippen MR) is 92.5 cm³/mol. The fourth-order valence-electron chi connectivity index (χ4n) is 2.72. The Hall–Kier alpha value is -2.59. The summed E-state index contributed by atoms with van der Waals surface area (Å²) in [5.41, 5.74) is 2.65. The van der Waals surface area contributed by atoms with Gasteiger partial charge in [-0.1, -0.05) is 60.3 Å². The molecule has 0 aliphatic carbocycles. The molecule has 0 saturated carbocycles. The molecule has 0 bridgehead atoms. The summed E-state index contributed by atoms with van der Waals surface area (Å²) in [6, 6.07) is 23.5. The van der Waals surface area contributed by atoms with Crippen molar-refractivity contribution in [1.82, 2.24) is 4.98 Å². The Morgan fingerprint density at radius 3 is 2.30 bits per heavy atom. The second-order valence-electron chi connectivity index (χ2n) is 5.25. The molecule has 23 heavy (non-hydrogen) atoms. The van der Waals surface area contributed by atoms with E-state index < -0.39 is 0 Å². The maximum Gasteiger partial charge on any atom is 0.262 e. The van der Waals surface area contributed by atoms with Crippen LogP contribution in [0.5, 0.6) is 0 Å². The maximum absolute atomic E-state index is 13.1. The standard InChI is InChI=1S/C19H14N2OS/c22-18-16-12-7-13-20-17(16)23-19(14-8-3-1-4-9-14)21(18)15-10-5-2-6-11-15/h1-13,19H. The number of benzene rings is 2. The molecule has 0 saturated heterocycles. The van der Waals surface area contributed by atoms with Gasteiger partial charge in [-0.05, 0) is 29.8 Å². The van der Waals surface area contributed by atoms with Crippen LogP contribution in [0, 0.1) is 0 Å². The van der Waals surface area contributed by atoms with Crippen molar-refractivity contribution in [3.05, 3.63) is 90.1 Å². The average molecular weight is 318 g/mol. The first-order chi connectivity index (χ1) is 11.3. The third-order valence-corrected chi connectivity index (χ3v) is 5.05. The lowest BCUT2D eigenvalue weighted by Gasteiger charge is -2.35. The topological polar surface area (TPSA) is 33.2 Å². The van der Waals surface area contributed by atoms with Gasteiger partial charge < -0.3 is 0 Å². The summed E-state index contributed by atoms with van der Waals surface area (Å²) in [4.78, 5) is 19.3. The Kier molecular flexibility index (Phi) is 3.60. The third-order valence-electron chi connectivity index (χ3n) is 3.80. The van der Waals surface area contributed by atoms with Crippen molar-refractivity contribution < 1.29 is 4.79 Å². The zero-order valence-corrected chi connectivity index (χ0v) is 13.1. The molecule has 2 aromatic carbocycles. The normalized spacial score (nSPS) is 17.0. The lowest BCUT2D eigenvalue weighted by Crippen LogP contribution is -2.37. The molecule has 2 heterocycles. The van der Waals surface area contributed by atoms with Crippen LogP contribution in [0.15, 0.2) is 84.0 Å². The summed E-state index contributed by atoms with van der Waals surface area (Å²) >= 11 is 1.61. The molecule has 4 rings (SSSR count). The minimum absolute atomic E-state index is 0.00750. The summed E-state index contributed by atoms with van der Waals surface area (Å²) in [5, 5.41) is 0.673. The highest BCUT2D eigenvalue weighted by Gasteiger charge is 2.35. The molecule has 1 unspecified atom stereocenters. The van der Waals surface area contributed by atoms with Gasteiger partial charge in [-0.2, -0.15) is 0 Å². The van der Waals surface area contributed by atoms with Gasteiger partial charge in [-0.3, -0.25) is 9.69 Å². The van der Waals surface area contributed by atoms with Gasteiger partial charge in [0.2, 0.25) is 0 Å². The quantitative estimate of drug-likeness (QED) is 0.696. The number of rotatable bonds is 2. The van der Waals surface area contributed by atoms with Crippen LogP contribution >= 0.6 is 11.8 Å². The van der Waals surface area contributed by atoms with Crippen molar-refractivity contribution in [3.8, 4) is 0 Å². The van der Waals surface area contributed by atoms with Gasteiger partial charge in [-0.15, -0.1) is 0 Å². The first kappa shape index (κ1) is 14.0. The number of fused-ring (bicyclic) bond motifs is 1. The van der Waals surface area contributed by atoms with Crippen molar-refractivity contribution in [3.63, 3.8) is 0 Å². The van der Waals surface area contributed by atoms with Crippen LogP contribution < -0.4 is 4.90 Å². The highest BCUT2D eigenvalue weighted by Crippen LogP contribution is 2.45. The molecule has 1 aliphatic heterocycles. The molecule has 0 radical (unpaired) electrons. The van der Waals surface area contributed by atoms with Gasteiger partial charge in [-0.25, -0.2) is 4.98 Å². The second-order valence-corrected chi connectivity index (χ2v) is 6.32. The van der Waals surface area contributed by atoms with Gasteiger partial charge >= 0.3 is 0 Å². The summed E-state index contributed by atoms with van der Waals surface area (Å²) in [7, 11) is 0. The minimum atomic E-state index is -0.117. The Balaban J connectivity index is 1.87. The molecule has 1 atom stereocenters. The van der Waals surface area contributed by atoms with E-state index in [-0.39, 0.29) is 11.3 Å². The number of thioether (sulfide) groups is 1. The average Bonchev–Trinajstić information content (AvgIpc) is 2.63. The van der Waals surface area contributed by atoms with E-state index in [9.17, 15) is 4.79 Å². The van der Waals surface area contributed by atoms with E-state index >= 15 is 0 Å². The lowest BCUT2D eigenvalue weighted by molar-refractivity contribution is 0.0978. The Labute approximate surface area is 139 Å². The number of hydrogen-bond acceptors (Lipinski definition) is 3. The van der Waals surface area contributed by atoms with Crippen LogP contribution in [0.1, 0.15) is 21.3 Å². The van der Waals surface area contributed by atoms with E-state index in [0.29, 0.717) is 5.56 Å². The van der Waals surface area contributed by atoms with Gasteiger partial charge in [0.15, 0.2) is 0 Å². The summed E-state index contributed by atoms with van der Waals surface area (Å²) in [5.74, 6) is -0.00750. The molecule has 0 spiro atoms. The Morgan fingerprint density at radius 1 is 0.870 bits per heavy atom. The zero-order valence-electron chi connectivity index (χ0n) is 12.3. The van der Waals surface area contributed by atoms with Crippen molar-refractivity contribution in [1.29, 1.82) is 0 Å². The number of para-hydroxylation sites is 1. The van der Waals surface area contributed by atoms with Crippen LogP contribution in [-0.4, -0.2) is 10.9 Å². The van der Waals surface area contributed by atoms with Crippen LogP contribution in [0.2, 0.25) is 0 Å². The van der Waals surface area contributed by atoms with E-state index in [2.05, 4.69) is 17.1 Å². The molecule has 3 aromatic rings. The summed E-state index contributed by atoms with van der Waals surface area (Å²) in [6.45, 7) is 0. The maximum atomic E-state index is 13.1. The number of hydrogen-bond donors (Lipinski definition) is 0. The smallest absolute Gasteiger partial charge is 0.262 e. The van der Waals surface area contributed by atoms with Gasteiger partial charge in [0.1, 0.15) is 10.4 Å². The predicted octanol–water partition coefficient (Wildman–Crippen LogP) is 4.53. The van der Waals surface area contributed by atoms with E-state index in [1.807, 2.05) is 65.6 Å². The van der Waals surface area contributed by atoms with Gasteiger partial charge in [0, 0.05) is 11.9 Å². The molecule has 1 aliphatic rings. The van der Waals surface area contributed by atoms with Crippen molar-refractivity contribution in [2.24, 2.45) is 0 Å². The van der Waals surface area contributed by atoms with E-state index in [4.69, 9.17) is 0 Å². The minimum Gasteiger partial charge on any atom is -0.291 e. The Bertz CT molecular complexity index is 836. The molecule has 3 nitrogen and oxygen atoms in total. The van der Waals surface area contributed by atoms with Crippen molar-refractivity contribution in [2.45, 2.75) is 10.4 Å². The lowest BCUT2D eigenvalue weighted by atomic mass is 10.1. The highest BCUT2D eigenvalue weighted by atomic mass is 32.2. The van der Waals surface area contributed by atoms with Gasteiger partial charge in [0.25, 0.3) is 5.91 Å². The molecular weight excluding hydrogens is 304 g/mol. The number of amides is 1. The van der Waals surface area contributed by atoms with Gasteiger partial charge in [0.05, 0.1) is 5.56 Å².